The fraction of sp³-hybridized carbons (Fsp3) is 0.667. The summed E-state index contributed by atoms with van der Waals surface area (Å²) in [5.41, 5.74) is -2.86. The Morgan fingerprint density at radius 2 is 1.64 bits per heavy atom. The number of nitrogens with one attached hydrogen (secondary N) is 2. The molecule has 0 aromatic heterocycles. The molecule has 1 unspecified atom stereocenters. The summed E-state index contributed by atoms with van der Waals surface area (Å²) in [6, 6.07) is 6.11. The zero-order valence-corrected chi connectivity index (χ0v) is 23.7. The number of urea groups is 1. The van der Waals surface area contributed by atoms with Crippen molar-refractivity contribution in [2.75, 3.05) is 13.1 Å². The van der Waals surface area contributed by atoms with Crippen molar-refractivity contribution in [3.63, 3.8) is 0 Å². The Morgan fingerprint density at radius 3 is 2.14 bits per heavy atom. The molecule has 1 aliphatic rings. The van der Waals surface area contributed by atoms with Crippen molar-refractivity contribution in [3.8, 4) is 0 Å². The topological polar surface area (TPSA) is 108 Å². The first-order valence-corrected chi connectivity index (χ1v) is 12.8. The number of hydrogen-bond acceptors (Lipinski definition) is 5. The monoisotopic (exact) mass is 523 g/mol. The number of ether oxygens (including phenoxy) is 1. The molecule has 1 aromatic rings. The van der Waals surface area contributed by atoms with Crippen LogP contribution in [-0.4, -0.2) is 58.2 Å². The van der Waals surface area contributed by atoms with Gasteiger partial charge in [0.15, 0.2) is 0 Å². The van der Waals surface area contributed by atoms with Gasteiger partial charge in [-0.15, -0.1) is 0 Å². The normalized spacial score (nSPS) is 21.8. The zero-order chi connectivity index (χ0) is 27.7. The molecule has 2 rings (SSSR count). The predicted octanol–water partition coefficient (Wildman–Crippen LogP) is 4.23. The van der Waals surface area contributed by atoms with Gasteiger partial charge in [0.1, 0.15) is 11.1 Å². The summed E-state index contributed by atoms with van der Waals surface area (Å²) < 4.78 is 5.38. The Balaban J connectivity index is 2.01. The van der Waals surface area contributed by atoms with Crippen molar-refractivity contribution in [2.45, 2.75) is 91.5 Å². The second kappa shape index (κ2) is 10.6. The molecule has 0 saturated carbocycles. The predicted molar refractivity (Wildman–Crippen MR) is 141 cm³/mol. The van der Waals surface area contributed by atoms with E-state index in [9.17, 15) is 19.5 Å². The lowest BCUT2D eigenvalue weighted by molar-refractivity contribution is -0.161. The second-order valence-corrected chi connectivity index (χ2v) is 12.5. The summed E-state index contributed by atoms with van der Waals surface area (Å²) in [6.07, 6.45) is 0.381. The smallest absolute Gasteiger partial charge is 0.331 e. The number of likely N-dealkylation sites (tertiary alicyclic amines) is 1. The molecule has 0 aliphatic carbocycles. The van der Waals surface area contributed by atoms with E-state index in [-0.39, 0.29) is 5.91 Å². The van der Waals surface area contributed by atoms with Gasteiger partial charge in [-0.2, -0.15) is 0 Å². The highest BCUT2D eigenvalue weighted by Gasteiger charge is 2.50. The first-order chi connectivity index (χ1) is 16.3. The van der Waals surface area contributed by atoms with Crippen LogP contribution in [0, 0.1) is 11.3 Å². The van der Waals surface area contributed by atoms with Crippen molar-refractivity contribution in [1.82, 2.24) is 15.5 Å². The highest BCUT2D eigenvalue weighted by molar-refractivity contribution is 6.30. The van der Waals surface area contributed by atoms with E-state index in [0.29, 0.717) is 24.5 Å². The maximum atomic E-state index is 13.3. The van der Waals surface area contributed by atoms with Crippen LogP contribution in [0.2, 0.25) is 5.02 Å². The highest BCUT2D eigenvalue weighted by Crippen LogP contribution is 2.46. The van der Waals surface area contributed by atoms with Gasteiger partial charge in [0.05, 0.1) is 11.5 Å². The number of carbonyl (C=O) groups excluding carboxylic acids is 3. The average molecular weight is 524 g/mol. The highest BCUT2D eigenvalue weighted by atomic mass is 35.5. The Kier molecular flexibility index (Phi) is 8.79. The lowest BCUT2D eigenvalue weighted by Crippen LogP contribution is -2.59. The van der Waals surface area contributed by atoms with Gasteiger partial charge < -0.3 is 25.4 Å². The molecule has 1 fully saturated rings. The number of amides is 3. The lowest BCUT2D eigenvalue weighted by Gasteiger charge is -2.51. The molecule has 1 saturated heterocycles. The van der Waals surface area contributed by atoms with Gasteiger partial charge in [-0.1, -0.05) is 44.5 Å². The van der Waals surface area contributed by atoms with Crippen molar-refractivity contribution in [2.24, 2.45) is 11.3 Å². The van der Waals surface area contributed by atoms with Crippen LogP contribution < -0.4 is 10.6 Å². The summed E-state index contributed by atoms with van der Waals surface area (Å²) in [6.45, 7) is 16.6. The lowest BCUT2D eigenvalue weighted by atomic mass is 9.66. The van der Waals surface area contributed by atoms with Crippen LogP contribution in [0.15, 0.2) is 24.3 Å². The minimum absolute atomic E-state index is 0.111. The van der Waals surface area contributed by atoms with E-state index in [1.807, 2.05) is 26.0 Å². The molecular formula is C27H42ClN3O5. The molecule has 9 heteroatoms. The number of aliphatic hydroxyl groups is 1. The molecule has 1 heterocycles. The van der Waals surface area contributed by atoms with Crippen molar-refractivity contribution in [1.29, 1.82) is 0 Å². The standard InChI is InChI=1S/C27H42ClN3O5/c1-17(18(2)29-23(34)30-26(8,9)22(33)36-24(3,4)5)21(32)31-15-14-27(35,25(6,7)16-31)19-10-12-20(28)13-11-19/h10-13,17-18,35H,14-16H2,1-9H3,(H2,29,30,34)/t17-,18?,27+/m1/s1. The third kappa shape index (κ3) is 6.91. The minimum Gasteiger partial charge on any atom is -0.458 e. The molecule has 1 aromatic carbocycles. The molecule has 36 heavy (non-hydrogen) atoms. The SMILES string of the molecule is CC(NC(=O)NC(C)(C)C(=O)OC(C)(C)C)[C@@H](C)C(=O)N1CC[C@](O)(c2ccc(Cl)cc2)C(C)(C)C1. The molecule has 0 bridgehead atoms. The van der Waals surface area contributed by atoms with E-state index < -0.39 is 46.1 Å². The molecular weight excluding hydrogens is 482 g/mol. The van der Waals surface area contributed by atoms with E-state index in [2.05, 4.69) is 10.6 Å². The number of rotatable bonds is 6. The molecule has 0 spiro atoms. The van der Waals surface area contributed by atoms with E-state index in [0.717, 1.165) is 5.56 Å². The quantitative estimate of drug-likeness (QED) is 0.483. The van der Waals surface area contributed by atoms with E-state index in [1.165, 1.54) is 0 Å². The Morgan fingerprint density at radius 1 is 1.08 bits per heavy atom. The number of benzene rings is 1. The minimum atomic E-state index is -1.24. The molecule has 1 aliphatic heterocycles. The molecule has 8 nitrogen and oxygen atoms in total. The zero-order valence-electron chi connectivity index (χ0n) is 23.0. The van der Waals surface area contributed by atoms with Crippen molar-refractivity contribution in [3.05, 3.63) is 34.9 Å². The number of carbonyl (C=O) groups is 3. The van der Waals surface area contributed by atoms with Gasteiger partial charge >= 0.3 is 12.0 Å². The fourth-order valence-electron chi connectivity index (χ4n) is 4.38. The van der Waals surface area contributed by atoms with Crippen LogP contribution in [0.25, 0.3) is 0 Å². The van der Waals surface area contributed by atoms with Crippen molar-refractivity contribution < 1.29 is 24.2 Å². The summed E-state index contributed by atoms with van der Waals surface area (Å²) >= 11 is 6.02. The maximum Gasteiger partial charge on any atom is 0.331 e. The molecule has 0 radical (unpaired) electrons. The first kappa shape index (κ1) is 29.9. The van der Waals surface area contributed by atoms with Crippen LogP contribution in [0.4, 0.5) is 4.79 Å². The first-order valence-electron chi connectivity index (χ1n) is 12.4. The van der Waals surface area contributed by atoms with Gasteiger partial charge in [-0.25, -0.2) is 9.59 Å². The average Bonchev–Trinajstić information content (AvgIpc) is 2.73. The van der Waals surface area contributed by atoms with Gasteiger partial charge in [0, 0.05) is 29.6 Å². The summed E-state index contributed by atoms with van der Waals surface area (Å²) in [5.74, 6) is -1.18. The maximum absolute atomic E-state index is 13.3. The number of esters is 1. The number of halogens is 1. The summed E-state index contributed by atoms with van der Waals surface area (Å²) in [7, 11) is 0. The molecule has 3 amide bonds. The van der Waals surface area contributed by atoms with Crippen LogP contribution in [0.1, 0.15) is 74.3 Å². The number of hydrogen-bond donors (Lipinski definition) is 3. The van der Waals surface area contributed by atoms with Crippen molar-refractivity contribution >= 4 is 29.5 Å². The molecule has 3 N–H and O–H groups in total. The Bertz CT molecular complexity index is 971. The number of piperidine rings is 1. The van der Waals surface area contributed by atoms with Crippen LogP contribution in [0.3, 0.4) is 0 Å². The fourth-order valence-corrected chi connectivity index (χ4v) is 4.51. The van der Waals surface area contributed by atoms with Crippen LogP contribution in [0.5, 0.6) is 0 Å². The Hall–Kier alpha value is -2.32. The van der Waals surface area contributed by atoms with Crippen LogP contribution in [-0.2, 0) is 19.9 Å². The Labute approximate surface area is 220 Å². The van der Waals surface area contributed by atoms with Gasteiger partial charge in [-0.3, -0.25) is 4.79 Å². The largest absolute Gasteiger partial charge is 0.458 e. The van der Waals surface area contributed by atoms with Gasteiger partial charge in [-0.05, 0) is 65.7 Å². The third-order valence-corrected chi connectivity index (χ3v) is 7.17. The second-order valence-electron chi connectivity index (χ2n) is 12.1. The summed E-state index contributed by atoms with van der Waals surface area (Å²) in [4.78, 5) is 40.1. The number of nitrogens with zero attached hydrogens (tertiary/aromatic N) is 1. The third-order valence-electron chi connectivity index (χ3n) is 6.92. The molecule has 202 valence electrons. The van der Waals surface area contributed by atoms with Crippen LogP contribution >= 0.6 is 11.6 Å². The van der Waals surface area contributed by atoms with Gasteiger partial charge in [0.25, 0.3) is 0 Å². The summed E-state index contributed by atoms with van der Waals surface area (Å²) in [5, 5.41) is 17.6. The van der Waals surface area contributed by atoms with E-state index >= 15 is 0 Å². The molecule has 3 atom stereocenters. The van der Waals surface area contributed by atoms with E-state index in [1.54, 1.807) is 65.5 Å². The van der Waals surface area contributed by atoms with E-state index in [4.69, 9.17) is 16.3 Å². The van der Waals surface area contributed by atoms with Gasteiger partial charge in [0.2, 0.25) is 5.91 Å².